The zero-order valence-corrected chi connectivity index (χ0v) is 11.8. The average Bonchev–Trinajstić information content (AvgIpc) is 2.39. The molecule has 0 bridgehead atoms. The van der Waals surface area contributed by atoms with Gasteiger partial charge in [-0.05, 0) is 25.5 Å². The minimum absolute atomic E-state index is 0.315. The lowest BCUT2D eigenvalue weighted by Gasteiger charge is -2.38. The van der Waals surface area contributed by atoms with Crippen molar-refractivity contribution in [3.05, 3.63) is 24.3 Å². The van der Waals surface area contributed by atoms with Crippen LogP contribution in [0.4, 0.5) is 5.69 Å². The Labute approximate surface area is 115 Å². The first-order chi connectivity index (χ1) is 9.19. The van der Waals surface area contributed by atoms with E-state index < -0.39 is 0 Å². The third-order valence-corrected chi connectivity index (χ3v) is 3.56. The van der Waals surface area contributed by atoms with Crippen molar-refractivity contribution in [3.8, 4) is 5.75 Å². The lowest BCUT2D eigenvalue weighted by Crippen LogP contribution is -2.49. The van der Waals surface area contributed by atoms with Crippen LogP contribution in [0.2, 0.25) is 0 Å². The highest BCUT2D eigenvalue weighted by molar-refractivity contribution is 5.43. The second-order valence-electron chi connectivity index (χ2n) is 5.12. The molecule has 1 aliphatic rings. The molecule has 0 radical (unpaired) electrons. The van der Waals surface area contributed by atoms with E-state index in [9.17, 15) is 0 Å². The Balaban J connectivity index is 1.80. The highest BCUT2D eigenvalue weighted by Gasteiger charge is 2.24. The van der Waals surface area contributed by atoms with Crippen molar-refractivity contribution in [1.29, 1.82) is 0 Å². The maximum Gasteiger partial charge on any atom is 0.121 e. The standard InChI is InChI=1S/C15H24N2O2/c1-3-14-11-19-12(2)10-17(14)7-8-18-15-6-4-5-13(16)9-15/h4-6,9,12,14H,3,7-8,10-11,16H2,1-2H3. The Kier molecular flexibility index (Phi) is 5.05. The minimum Gasteiger partial charge on any atom is -0.492 e. The normalized spacial score (nSPS) is 24.3. The van der Waals surface area contributed by atoms with Crippen LogP contribution >= 0.6 is 0 Å². The Hall–Kier alpha value is -1.26. The number of benzene rings is 1. The molecule has 1 aromatic carbocycles. The van der Waals surface area contributed by atoms with Crippen LogP contribution in [0.25, 0.3) is 0 Å². The van der Waals surface area contributed by atoms with Gasteiger partial charge >= 0.3 is 0 Å². The molecule has 1 fully saturated rings. The van der Waals surface area contributed by atoms with E-state index in [1.165, 1.54) is 0 Å². The summed E-state index contributed by atoms with van der Waals surface area (Å²) in [5.74, 6) is 0.842. The van der Waals surface area contributed by atoms with E-state index in [1.807, 2.05) is 24.3 Å². The molecule has 4 nitrogen and oxygen atoms in total. The van der Waals surface area contributed by atoms with Gasteiger partial charge in [0.1, 0.15) is 12.4 Å². The first kappa shape index (κ1) is 14.2. The summed E-state index contributed by atoms with van der Waals surface area (Å²) in [6, 6.07) is 8.09. The van der Waals surface area contributed by atoms with Gasteiger partial charge in [0.15, 0.2) is 0 Å². The number of ether oxygens (including phenoxy) is 2. The number of nitrogen functional groups attached to an aromatic ring is 1. The summed E-state index contributed by atoms with van der Waals surface area (Å²) in [5, 5.41) is 0. The maximum atomic E-state index is 5.76. The zero-order chi connectivity index (χ0) is 13.7. The first-order valence-electron chi connectivity index (χ1n) is 7.03. The van der Waals surface area contributed by atoms with Gasteiger partial charge in [0.2, 0.25) is 0 Å². The van der Waals surface area contributed by atoms with Gasteiger partial charge in [-0.15, -0.1) is 0 Å². The van der Waals surface area contributed by atoms with Crippen LogP contribution in [-0.2, 0) is 4.74 Å². The lowest BCUT2D eigenvalue weighted by molar-refractivity contribution is -0.0586. The molecule has 1 aliphatic heterocycles. The van der Waals surface area contributed by atoms with Gasteiger partial charge in [-0.3, -0.25) is 4.90 Å². The number of morpholine rings is 1. The summed E-state index contributed by atoms with van der Waals surface area (Å²) in [6.45, 7) is 7.76. The largest absolute Gasteiger partial charge is 0.492 e. The van der Waals surface area contributed by atoms with Crippen LogP contribution in [-0.4, -0.2) is 43.3 Å². The van der Waals surface area contributed by atoms with Crippen LogP contribution in [0, 0.1) is 0 Å². The number of anilines is 1. The van der Waals surface area contributed by atoms with Crippen molar-refractivity contribution < 1.29 is 9.47 Å². The van der Waals surface area contributed by atoms with Gasteiger partial charge in [-0.2, -0.15) is 0 Å². The van der Waals surface area contributed by atoms with Gasteiger partial charge in [-0.1, -0.05) is 13.0 Å². The van der Waals surface area contributed by atoms with E-state index in [0.29, 0.717) is 18.8 Å². The van der Waals surface area contributed by atoms with Crippen molar-refractivity contribution in [2.24, 2.45) is 0 Å². The summed E-state index contributed by atoms with van der Waals surface area (Å²) in [7, 11) is 0. The third kappa shape index (κ3) is 4.11. The second kappa shape index (κ2) is 6.78. The quantitative estimate of drug-likeness (QED) is 0.828. The lowest BCUT2D eigenvalue weighted by atomic mass is 10.1. The Bertz CT molecular complexity index is 397. The fourth-order valence-electron chi connectivity index (χ4n) is 2.45. The molecule has 0 spiro atoms. The summed E-state index contributed by atoms with van der Waals surface area (Å²) < 4.78 is 11.4. The Morgan fingerprint density at radius 3 is 3.05 bits per heavy atom. The zero-order valence-electron chi connectivity index (χ0n) is 11.8. The molecule has 2 N–H and O–H groups in total. The van der Waals surface area contributed by atoms with Crippen molar-refractivity contribution >= 4 is 5.69 Å². The van der Waals surface area contributed by atoms with E-state index in [2.05, 4.69) is 18.7 Å². The minimum atomic E-state index is 0.315. The SMILES string of the molecule is CCC1COC(C)CN1CCOc1cccc(N)c1. The number of rotatable bonds is 5. The van der Waals surface area contributed by atoms with Crippen LogP contribution in [0.5, 0.6) is 5.75 Å². The number of nitrogens with zero attached hydrogens (tertiary/aromatic N) is 1. The van der Waals surface area contributed by atoms with E-state index >= 15 is 0 Å². The molecule has 0 aromatic heterocycles. The molecule has 1 saturated heterocycles. The first-order valence-corrected chi connectivity index (χ1v) is 7.03. The molecule has 2 rings (SSSR count). The van der Waals surface area contributed by atoms with E-state index in [4.69, 9.17) is 15.2 Å². The summed E-state index contributed by atoms with van der Waals surface area (Å²) in [5.41, 5.74) is 6.47. The predicted molar refractivity (Wildman–Crippen MR) is 77.4 cm³/mol. The Morgan fingerprint density at radius 1 is 1.47 bits per heavy atom. The smallest absolute Gasteiger partial charge is 0.121 e. The van der Waals surface area contributed by atoms with Gasteiger partial charge in [0, 0.05) is 30.9 Å². The van der Waals surface area contributed by atoms with Crippen LogP contribution < -0.4 is 10.5 Å². The average molecular weight is 264 g/mol. The van der Waals surface area contributed by atoms with Gasteiger partial charge in [-0.25, -0.2) is 0 Å². The molecule has 0 aliphatic carbocycles. The van der Waals surface area contributed by atoms with E-state index in [1.54, 1.807) is 0 Å². The fraction of sp³-hybridized carbons (Fsp3) is 0.600. The van der Waals surface area contributed by atoms with E-state index in [-0.39, 0.29) is 0 Å². The van der Waals surface area contributed by atoms with E-state index in [0.717, 1.165) is 37.6 Å². The number of nitrogens with two attached hydrogens (primary N) is 1. The maximum absolute atomic E-state index is 5.76. The van der Waals surface area contributed by atoms with Gasteiger partial charge in [0.25, 0.3) is 0 Å². The van der Waals surface area contributed by atoms with Crippen molar-refractivity contribution in [2.75, 3.05) is 32.0 Å². The number of hydrogen-bond donors (Lipinski definition) is 1. The molecular formula is C15H24N2O2. The van der Waals surface area contributed by atoms with Crippen molar-refractivity contribution in [2.45, 2.75) is 32.4 Å². The van der Waals surface area contributed by atoms with Crippen LogP contribution in [0.1, 0.15) is 20.3 Å². The topological polar surface area (TPSA) is 47.7 Å². The van der Waals surface area contributed by atoms with Crippen molar-refractivity contribution in [1.82, 2.24) is 4.90 Å². The van der Waals surface area contributed by atoms with Crippen LogP contribution in [0.3, 0.4) is 0 Å². The summed E-state index contributed by atoms with van der Waals surface area (Å²) >= 11 is 0. The fourth-order valence-corrected chi connectivity index (χ4v) is 2.45. The molecule has 0 saturated carbocycles. The van der Waals surface area contributed by atoms with Gasteiger partial charge < -0.3 is 15.2 Å². The highest BCUT2D eigenvalue weighted by atomic mass is 16.5. The molecule has 2 atom stereocenters. The second-order valence-corrected chi connectivity index (χ2v) is 5.12. The molecular weight excluding hydrogens is 240 g/mol. The molecule has 1 heterocycles. The molecule has 1 aromatic rings. The van der Waals surface area contributed by atoms with Crippen LogP contribution in [0.15, 0.2) is 24.3 Å². The molecule has 4 heteroatoms. The summed E-state index contributed by atoms with van der Waals surface area (Å²) in [4.78, 5) is 2.46. The molecule has 0 amide bonds. The Morgan fingerprint density at radius 2 is 2.32 bits per heavy atom. The molecule has 19 heavy (non-hydrogen) atoms. The molecule has 106 valence electrons. The highest BCUT2D eigenvalue weighted by Crippen LogP contribution is 2.16. The predicted octanol–water partition coefficient (Wildman–Crippen LogP) is 2.15. The number of hydrogen-bond acceptors (Lipinski definition) is 4. The molecule has 2 unspecified atom stereocenters. The third-order valence-electron chi connectivity index (χ3n) is 3.56. The monoisotopic (exact) mass is 264 g/mol. The van der Waals surface area contributed by atoms with Gasteiger partial charge in [0.05, 0.1) is 12.7 Å². The van der Waals surface area contributed by atoms with Crippen molar-refractivity contribution in [3.63, 3.8) is 0 Å². The summed E-state index contributed by atoms with van der Waals surface area (Å²) in [6.07, 6.45) is 1.43.